The van der Waals surface area contributed by atoms with Crippen LogP contribution in [-0.2, 0) is 0 Å². The van der Waals surface area contributed by atoms with Crippen LogP contribution >= 0.6 is 11.6 Å². The second-order valence-electron chi connectivity index (χ2n) is 6.39. The van der Waals surface area contributed by atoms with Crippen molar-refractivity contribution in [1.82, 2.24) is 5.32 Å². The highest BCUT2D eigenvalue weighted by atomic mass is 35.5. The molecular weight excluding hydrogens is 294 g/mol. The van der Waals surface area contributed by atoms with Gasteiger partial charge in [0, 0.05) is 11.1 Å². The first-order valence-electron chi connectivity index (χ1n) is 7.68. The van der Waals surface area contributed by atoms with Gasteiger partial charge >= 0.3 is 0 Å². The minimum absolute atomic E-state index is 0.153. The predicted octanol–water partition coefficient (Wildman–Crippen LogP) is 5.16. The average molecular weight is 318 g/mol. The van der Waals surface area contributed by atoms with Gasteiger partial charge in [-0.3, -0.25) is 0 Å². The van der Waals surface area contributed by atoms with Crippen LogP contribution in [0.5, 0.6) is 5.75 Å². The molecule has 0 aliphatic carbocycles. The Hall–Kier alpha value is -1.51. The van der Waals surface area contributed by atoms with Crippen molar-refractivity contribution < 1.29 is 4.74 Å². The molecule has 2 nitrogen and oxygen atoms in total. The van der Waals surface area contributed by atoms with Crippen molar-refractivity contribution in [3.05, 3.63) is 53.6 Å². The molecule has 0 amide bonds. The third-order valence-electron chi connectivity index (χ3n) is 3.27. The van der Waals surface area contributed by atoms with Gasteiger partial charge in [0.1, 0.15) is 5.75 Å². The fraction of sp³-hybridized carbons (Fsp3) is 0.368. The number of nitrogens with one attached hydrogen (secondary N) is 1. The summed E-state index contributed by atoms with van der Waals surface area (Å²) < 4.78 is 5.77. The number of hydrogen-bond donors (Lipinski definition) is 1. The summed E-state index contributed by atoms with van der Waals surface area (Å²) in [6.45, 7) is 8.12. The Balaban J connectivity index is 1.88. The lowest BCUT2D eigenvalue weighted by atomic mass is 10.1. The monoisotopic (exact) mass is 317 g/mol. The zero-order valence-corrected chi connectivity index (χ0v) is 14.3. The molecule has 2 rings (SSSR count). The Labute approximate surface area is 138 Å². The molecule has 0 unspecified atom stereocenters. The molecule has 0 heterocycles. The van der Waals surface area contributed by atoms with Crippen molar-refractivity contribution in [2.24, 2.45) is 0 Å². The molecule has 0 atom stereocenters. The quantitative estimate of drug-likeness (QED) is 0.743. The van der Waals surface area contributed by atoms with Gasteiger partial charge in [-0.05, 0) is 57.5 Å². The van der Waals surface area contributed by atoms with Gasteiger partial charge in [-0.1, -0.05) is 41.9 Å². The normalized spacial score (nSPS) is 11.5. The highest BCUT2D eigenvalue weighted by Crippen LogP contribution is 2.31. The van der Waals surface area contributed by atoms with Crippen molar-refractivity contribution >= 4 is 11.6 Å². The lowest BCUT2D eigenvalue weighted by Crippen LogP contribution is -2.36. The number of ether oxygens (including phenoxy) is 1. The smallest absolute Gasteiger partial charge is 0.120 e. The van der Waals surface area contributed by atoms with E-state index in [4.69, 9.17) is 16.3 Å². The van der Waals surface area contributed by atoms with Crippen LogP contribution in [0.3, 0.4) is 0 Å². The first-order chi connectivity index (χ1) is 10.5. The van der Waals surface area contributed by atoms with Crippen LogP contribution in [0.2, 0.25) is 5.02 Å². The molecular formula is C19H24ClNO. The molecule has 0 aliphatic heterocycles. The minimum Gasteiger partial charge on any atom is -0.493 e. The van der Waals surface area contributed by atoms with Gasteiger partial charge in [-0.25, -0.2) is 0 Å². The van der Waals surface area contributed by atoms with Crippen LogP contribution in [0.4, 0.5) is 0 Å². The third kappa shape index (κ3) is 5.36. The van der Waals surface area contributed by atoms with E-state index in [9.17, 15) is 0 Å². The Morgan fingerprint density at radius 2 is 1.77 bits per heavy atom. The molecule has 0 saturated heterocycles. The minimum atomic E-state index is 0.153. The summed E-state index contributed by atoms with van der Waals surface area (Å²) in [6, 6.07) is 16.0. The van der Waals surface area contributed by atoms with Crippen LogP contribution < -0.4 is 10.1 Å². The Bertz CT molecular complexity index is 590. The van der Waals surface area contributed by atoms with Crippen molar-refractivity contribution in [3.63, 3.8) is 0 Å². The fourth-order valence-corrected chi connectivity index (χ4v) is 2.44. The molecule has 2 aromatic rings. The second kappa shape index (κ2) is 7.66. The van der Waals surface area contributed by atoms with Crippen molar-refractivity contribution in [2.75, 3.05) is 13.2 Å². The molecule has 118 valence electrons. The average Bonchev–Trinajstić information content (AvgIpc) is 2.47. The molecule has 0 radical (unpaired) electrons. The maximum atomic E-state index is 6.37. The van der Waals surface area contributed by atoms with E-state index < -0.39 is 0 Å². The topological polar surface area (TPSA) is 21.3 Å². The van der Waals surface area contributed by atoms with E-state index in [0.29, 0.717) is 6.61 Å². The number of halogens is 1. The molecule has 0 spiro atoms. The molecule has 0 fully saturated rings. The summed E-state index contributed by atoms with van der Waals surface area (Å²) in [4.78, 5) is 0. The van der Waals surface area contributed by atoms with Crippen LogP contribution in [-0.4, -0.2) is 18.7 Å². The summed E-state index contributed by atoms with van der Waals surface area (Å²) in [5.74, 6) is 0.820. The standard InChI is InChI=1S/C19H24ClNO/c1-19(2,3)21-12-7-13-22-16-10-11-17(18(20)14-16)15-8-5-4-6-9-15/h4-6,8-11,14,21H,7,12-13H2,1-3H3. The number of benzene rings is 2. The van der Waals surface area contributed by atoms with Gasteiger partial charge in [-0.2, -0.15) is 0 Å². The van der Waals surface area contributed by atoms with E-state index in [-0.39, 0.29) is 5.54 Å². The summed E-state index contributed by atoms with van der Waals surface area (Å²) in [6.07, 6.45) is 0.968. The molecule has 0 aromatic heterocycles. The van der Waals surface area contributed by atoms with Crippen LogP contribution in [0, 0.1) is 0 Å². The fourth-order valence-electron chi connectivity index (χ4n) is 2.16. The summed E-state index contributed by atoms with van der Waals surface area (Å²) in [7, 11) is 0. The van der Waals surface area contributed by atoms with Gasteiger partial charge < -0.3 is 10.1 Å². The van der Waals surface area contributed by atoms with Gasteiger partial charge in [0.25, 0.3) is 0 Å². The van der Waals surface area contributed by atoms with Crippen LogP contribution in [0.25, 0.3) is 11.1 Å². The molecule has 0 bridgehead atoms. The van der Waals surface area contributed by atoms with Crippen molar-refractivity contribution in [2.45, 2.75) is 32.7 Å². The lowest BCUT2D eigenvalue weighted by Gasteiger charge is -2.20. The molecule has 2 aromatic carbocycles. The van der Waals surface area contributed by atoms with Gasteiger partial charge in [0.05, 0.1) is 11.6 Å². The Kier molecular flexibility index (Phi) is 5.87. The van der Waals surface area contributed by atoms with Crippen molar-refractivity contribution in [1.29, 1.82) is 0 Å². The van der Waals surface area contributed by atoms with E-state index in [1.165, 1.54) is 0 Å². The summed E-state index contributed by atoms with van der Waals surface area (Å²) >= 11 is 6.37. The van der Waals surface area contributed by atoms with Crippen LogP contribution in [0.1, 0.15) is 27.2 Å². The lowest BCUT2D eigenvalue weighted by molar-refractivity contribution is 0.298. The first-order valence-corrected chi connectivity index (χ1v) is 8.06. The zero-order valence-electron chi connectivity index (χ0n) is 13.5. The first kappa shape index (κ1) is 16.9. The van der Waals surface area contributed by atoms with Gasteiger partial charge in [0.2, 0.25) is 0 Å². The van der Waals surface area contributed by atoms with E-state index >= 15 is 0 Å². The summed E-state index contributed by atoms with van der Waals surface area (Å²) in [5, 5.41) is 4.16. The van der Waals surface area contributed by atoms with E-state index in [1.54, 1.807) is 0 Å². The van der Waals surface area contributed by atoms with Crippen molar-refractivity contribution in [3.8, 4) is 16.9 Å². The molecule has 3 heteroatoms. The highest BCUT2D eigenvalue weighted by molar-refractivity contribution is 6.33. The molecule has 0 saturated carbocycles. The predicted molar refractivity (Wildman–Crippen MR) is 94.8 cm³/mol. The maximum absolute atomic E-state index is 6.37. The van der Waals surface area contributed by atoms with Gasteiger partial charge in [-0.15, -0.1) is 0 Å². The molecule has 22 heavy (non-hydrogen) atoms. The maximum Gasteiger partial charge on any atom is 0.120 e. The Morgan fingerprint density at radius 1 is 1.05 bits per heavy atom. The number of rotatable bonds is 6. The van der Waals surface area contributed by atoms with E-state index in [1.807, 2.05) is 36.4 Å². The largest absolute Gasteiger partial charge is 0.493 e. The zero-order chi connectivity index (χ0) is 16.0. The summed E-state index contributed by atoms with van der Waals surface area (Å²) in [5.41, 5.74) is 2.30. The second-order valence-corrected chi connectivity index (χ2v) is 6.79. The SMILES string of the molecule is CC(C)(C)NCCCOc1ccc(-c2ccccc2)c(Cl)c1. The highest BCUT2D eigenvalue weighted by Gasteiger charge is 2.08. The van der Waals surface area contributed by atoms with E-state index in [2.05, 4.69) is 38.2 Å². The number of hydrogen-bond acceptors (Lipinski definition) is 2. The van der Waals surface area contributed by atoms with Crippen LogP contribution in [0.15, 0.2) is 48.5 Å². The molecule has 1 N–H and O–H groups in total. The van der Waals surface area contributed by atoms with E-state index in [0.717, 1.165) is 34.9 Å². The van der Waals surface area contributed by atoms with Gasteiger partial charge in [0.15, 0.2) is 0 Å². The third-order valence-corrected chi connectivity index (χ3v) is 3.58. The molecule has 0 aliphatic rings. The Morgan fingerprint density at radius 3 is 2.41 bits per heavy atom.